The Balaban J connectivity index is 1.96. The average Bonchev–Trinajstić information content (AvgIpc) is 2.88. The summed E-state index contributed by atoms with van der Waals surface area (Å²) < 4.78 is 32.3. The van der Waals surface area contributed by atoms with Crippen LogP contribution in [0.3, 0.4) is 0 Å². The fourth-order valence-corrected chi connectivity index (χ4v) is 3.19. The molecule has 0 radical (unpaired) electrons. The standard InChI is InChI=1S/C14H11ClN2O3S/c1-9-2-4-11(7-12(9)15)21(18,19)17-10-3-5-13-14(6-10)20-8-16-13/h2-8,17H,1H3. The molecule has 0 amide bonds. The molecule has 0 aliphatic rings. The summed E-state index contributed by atoms with van der Waals surface area (Å²) in [5.41, 5.74) is 2.39. The lowest BCUT2D eigenvalue weighted by molar-refractivity contribution is 0.601. The first kappa shape index (κ1) is 13.9. The molecule has 0 atom stereocenters. The van der Waals surface area contributed by atoms with Crippen LogP contribution in [0.2, 0.25) is 5.02 Å². The molecule has 0 saturated carbocycles. The maximum atomic E-state index is 12.3. The van der Waals surface area contributed by atoms with Crippen LogP contribution in [0.5, 0.6) is 0 Å². The minimum Gasteiger partial charge on any atom is -0.443 e. The van der Waals surface area contributed by atoms with Gasteiger partial charge in [-0.2, -0.15) is 0 Å². The molecule has 1 aromatic heterocycles. The second-order valence-corrected chi connectivity index (χ2v) is 6.64. The van der Waals surface area contributed by atoms with Crippen molar-refractivity contribution in [3.63, 3.8) is 0 Å². The number of hydrogen-bond acceptors (Lipinski definition) is 4. The maximum absolute atomic E-state index is 12.3. The number of aromatic nitrogens is 1. The van der Waals surface area contributed by atoms with E-state index in [2.05, 4.69) is 9.71 Å². The topological polar surface area (TPSA) is 72.2 Å². The van der Waals surface area contributed by atoms with Crippen LogP contribution in [0.15, 0.2) is 52.1 Å². The van der Waals surface area contributed by atoms with Crippen molar-refractivity contribution in [2.75, 3.05) is 4.72 Å². The lowest BCUT2D eigenvalue weighted by atomic mass is 10.2. The number of oxazole rings is 1. The molecule has 1 N–H and O–H groups in total. The quantitative estimate of drug-likeness (QED) is 0.799. The summed E-state index contributed by atoms with van der Waals surface area (Å²) in [7, 11) is -3.70. The molecule has 0 bridgehead atoms. The Morgan fingerprint density at radius 3 is 2.76 bits per heavy atom. The molecule has 5 nitrogen and oxygen atoms in total. The molecular formula is C14H11ClN2O3S. The largest absolute Gasteiger partial charge is 0.443 e. The fourth-order valence-electron chi connectivity index (χ4n) is 1.87. The molecule has 0 fully saturated rings. The van der Waals surface area contributed by atoms with Crippen LogP contribution in [-0.2, 0) is 10.0 Å². The van der Waals surface area contributed by atoms with Crippen LogP contribution in [0.1, 0.15) is 5.56 Å². The van der Waals surface area contributed by atoms with E-state index in [1.165, 1.54) is 18.5 Å². The van der Waals surface area contributed by atoms with Crippen molar-refractivity contribution in [2.24, 2.45) is 0 Å². The summed E-state index contributed by atoms with van der Waals surface area (Å²) in [4.78, 5) is 4.08. The van der Waals surface area contributed by atoms with Gasteiger partial charge in [0.25, 0.3) is 10.0 Å². The number of rotatable bonds is 3. The molecule has 0 aliphatic carbocycles. The van der Waals surface area contributed by atoms with Crippen molar-refractivity contribution in [3.8, 4) is 0 Å². The van der Waals surface area contributed by atoms with E-state index in [1.807, 2.05) is 6.92 Å². The van der Waals surface area contributed by atoms with Gasteiger partial charge in [-0.25, -0.2) is 13.4 Å². The molecular weight excluding hydrogens is 312 g/mol. The Bertz CT molecular complexity index is 919. The number of halogens is 1. The average molecular weight is 323 g/mol. The van der Waals surface area contributed by atoms with Crippen molar-refractivity contribution < 1.29 is 12.8 Å². The Morgan fingerprint density at radius 1 is 1.19 bits per heavy atom. The van der Waals surface area contributed by atoms with Crippen molar-refractivity contribution in [2.45, 2.75) is 11.8 Å². The number of hydrogen-bond donors (Lipinski definition) is 1. The second kappa shape index (κ2) is 5.05. The van der Waals surface area contributed by atoms with E-state index in [-0.39, 0.29) is 4.90 Å². The van der Waals surface area contributed by atoms with E-state index in [0.29, 0.717) is 21.8 Å². The molecule has 3 aromatic rings. The summed E-state index contributed by atoms with van der Waals surface area (Å²) in [6.07, 6.45) is 1.31. The molecule has 108 valence electrons. The minimum absolute atomic E-state index is 0.107. The predicted octanol–water partition coefficient (Wildman–Crippen LogP) is 3.59. The van der Waals surface area contributed by atoms with E-state index < -0.39 is 10.0 Å². The molecule has 0 spiro atoms. The first-order valence-electron chi connectivity index (χ1n) is 6.08. The van der Waals surface area contributed by atoms with Gasteiger partial charge in [-0.3, -0.25) is 4.72 Å². The Morgan fingerprint density at radius 2 is 2.00 bits per heavy atom. The lowest BCUT2D eigenvalue weighted by Gasteiger charge is -2.09. The normalized spacial score (nSPS) is 11.7. The van der Waals surface area contributed by atoms with Gasteiger partial charge in [-0.05, 0) is 36.8 Å². The van der Waals surface area contributed by atoms with Crippen LogP contribution >= 0.6 is 11.6 Å². The van der Waals surface area contributed by atoms with Crippen LogP contribution in [0.25, 0.3) is 11.1 Å². The molecule has 1 heterocycles. The zero-order chi connectivity index (χ0) is 15.0. The highest BCUT2D eigenvalue weighted by Crippen LogP contribution is 2.24. The van der Waals surface area contributed by atoms with E-state index >= 15 is 0 Å². The third-order valence-electron chi connectivity index (χ3n) is 3.04. The molecule has 21 heavy (non-hydrogen) atoms. The monoisotopic (exact) mass is 322 g/mol. The van der Waals surface area contributed by atoms with Crippen LogP contribution in [0.4, 0.5) is 5.69 Å². The highest BCUT2D eigenvalue weighted by Gasteiger charge is 2.15. The van der Waals surface area contributed by atoms with Crippen LogP contribution in [0, 0.1) is 6.92 Å². The maximum Gasteiger partial charge on any atom is 0.261 e. The third kappa shape index (κ3) is 2.72. The zero-order valence-electron chi connectivity index (χ0n) is 11.0. The summed E-state index contributed by atoms with van der Waals surface area (Å²) in [5.74, 6) is 0. The number of benzene rings is 2. The number of nitrogens with zero attached hydrogens (tertiary/aromatic N) is 1. The van der Waals surface area contributed by atoms with Gasteiger partial charge in [-0.1, -0.05) is 17.7 Å². The highest BCUT2D eigenvalue weighted by molar-refractivity contribution is 7.92. The van der Waals surface area contributed by atoms with Crippen molar-refractivity contribution >= 4 is 38.4 Å². The van der Waals surface area contributed by atoms with Gasteiger partial charge in [0.05, 0.1) is 10.6 Å². The van der Waals surface area contributed by atoms with Crippen molar-refractivity contribution in [3.05, 3.63) is 53.4 Å². The molecule has 0 saturated heterocycles. The van der Waals surface area contributed by atoms with Crippen molar-refractivity contribution in [1.29, 1.82) is 0 Å². The predicted molar refractivity (Wildman–Crippen MR) is 81.0 cm³/mol. The lowest BCUT2D eigenvalue weighted by Crippen LogP contribution is -2.12. The van der Waals surface area contributed by atoms with Gasteiger partial charge in [0.1, 0.15) is 5.52 Å². The number of aryl methyl sites for hydroxylation is 1. The smallest absolute Gasteiger partial charge is 0.261 e. The fraction of sp³-hybridized carbons (Fsp3) is 0.0714. The SMILES string of the molecule is Cc1ccc(S(=O)(=O)Nc2ccc3ncoc3c2)cc1Cl. The molecule has 7 heteroatoms. The number of nitrogens with one attached hydrogen (secondary N) is 1. The van der Waals surface area contributed by atoms with Gasteiger partial charge < -0.3 is 4.42 Å². The summed E-state index contributed by atoms with van der Waals surface area (Å²) in [6, 6.07) is 9.48. The van der Waals surface area contributed by atoms with E-state index in [4.69, 9.17) is 16.0 Å². The molecule has 0 aliphatic heterocycles. The first-order chi connectivity index (χ1) is 9.95. The minimum atomic E-state index is -3.70. The Labute approximate surface area is 126 Å². The summed E-state index contributed by atoms with van der Waals surface area (Å²) in [5, 5.41) is 0.406. The molecule has 2 aromatic carbocycles. The Kier molecular flexibility index (Phi) is 3.35. The number of fused-ring (bicyclic) bond motifs is 1. The third-order valence-corrected chi connectivity index (χ3v) is 4.82. The van der Waals surface area contributed by atoms with Gasteiger partial charge in [0.2, 0.25) is 0 Å². The van der Waals surface area contributed by atoms with E-state index in [0.717, 1.165) is 5.56 Å². The first-order valence-corrected chi connectivity index (χ1v) is 7.94. The Hall–Kier alpha value is -2.05. The summed E-state index contributed by atoms with van der Waals surface area (Å²) in [6.45, 7) is 1.81. The zero-order valence-corrected chi connectivity index (χ0v) is 12.6. The van der Waals surface area contributed by atoms with E-state index in [1.54, 1.807) is 24.3 Å². The van der Waals surface area contributed by atoms with Gasteiger partial charge >= 0.3 is 0 Å². The van der Waals surface area contributed by atoms with Gasteiger partial charge in [-0.15, -0.1) is 0 Å². The van der Waals surface area contributed by atoms with Gasteiger partial charge in [0, 0.05) is 11.1 Å². The van der Waals surface area contributed by atoms with Gasteiger partial charge in [0.15, 0.2) is 12.0 Å². The molecule has 3 rings (SSSR count). The van der Waals surface area contributed by atoms with Crippen LogP contribution in [-0.4, -0.2) is 13.4 Å². The van der Waals surface area contributed by atoms with Crippen LogP contribution < -0.4 is 4.72 Å². The molecule has 0 unspecified atom stereocenters. The van der Waals surface area contributed by atoms with E-state index in [9.17, 15) is 8.42 Å². The second-order valence-electron chi connectivity index (χ2n) is 4.55. The highest BCUT2D eigenvalue weighted by atomic mass is 35.5. The number of anilines is 1. The van der Waals surface area contributed by atoms with Crippen molar-refractivity contribution in [1.82, 2.24) is 4.98 Å². The number of sulfonamides is 1. The summed E-state index contributed by atoms with van der Waals surface area (Å²) >= 11 is 5.97.